The Labute approximate surface area is 115 Å². The van der Waals surface area contributed by atoms with Crippen molar-refractivity contribution in [1.82, 2.24) is 15.3 Å². The Kier molecular flexibility index (Phi) is 3.97. The van der Waals surface area contributed by atoms with Crippen LogP contribution in [0.15, 0.2) is 36.7 Å². The Morgan fingerprint density at radius 3 is 2.89 bits per heavy atom. The number of hydrogen-bond donors (Lipinski definition) is 2. The van der Waals surface area contributed by atoms with Crippen molar-refractivity contribution in [1.29, 1.82) is 0 Å². The quantitative estimate of drug-likeness (QED) is 0.842. The standard InChI is InChI=1S/C13H13ClN4O/c1-8(11-4-2-3-5-16-11)18-13(19)10-6-9(15)7-17-12(10)14/h2-8H,15H2,1H3,(H,18,19). The van der Waals surface area contributed by atoms with Gasteiger partial charge in [-0.1, -0.05) is 17.7 Å². The van der Waals surface area contributed by atoms with Gasteiger partial charge in [0.15, 0.2) is 0 Å². The van der Waals surface area contributed by atoms with Crippen molar-refractivity contribution in [2.24, 2.45) is 0 Å². The lowest BCUT2D eigenvalue weighted by molar-refractivity contribution is 0.0939. The highest BCUT2D eigenvalue weighted by atomic mass is 35.5. The molecule has 1 unspecified atom stereocenters. The number of amides is 1. The van der Waals surface area contributed by atoms with Crippen LogP contribution in [0.1, 0.15) is 29.0 Å². The first kappa shape index (κ1) is 13.3. The summed E-state index contributed by atoms with van der Waals surface area (Å²) in [6, 6.07) is 6.78. The summed E-state index contributed by atoms with van der Waals surface area (Å²) in [6.45, 7) is 1.84. The zero-order valence-electron chi connectivity index (χ0n) is 10.3. The van der Waals surface area contributed by atoms with E-state index in [-0.39, 0.29) is 22.7 Å². The Morgan fingerprint density at radius 1 is 1.42 bits per heavy atom. The molecule has 2 heterocycles. The number of nitrogens with one attached hydrogen (secondary N) is 1. The van der Waals surface area contributed by atoms with Gasteiger partial charge in [0, 0.05) is 6.20 Å². The predicted molar refractivity (Wildman–Crippen MR) is 73.8 cm³/mol. The number of nitrogens with two attached hydrogens (primary N) is 1. The molecule has 5 nitrogen and oxygen atoms in total. The molecule has 1 amide bonds. The largest absolute Gasteiger partial charge is 0.397 e. The smallest absolute Gasteiger partial charge is 0.255 e. The van der Waals surface area contributed by atoms with Crippen molar-refractivity contribution in [3.63, 3.8) is 0 Å². The average Bonchev–Trinajstić information content (AvgIpc) is 2.42. The van der Waals surface area contributed by atoms with Gasteiger partial charge in [-0.25, -0.2) is 4.98 Å². The number of carbonyl (C=O) groups is 1. The zero-order chi connectivity index (χ0) is 13.8. The van der Waals surface area contributed by atoms with Crippen LogP contribution in [-0.4, -0.2) is 15.9 Å². The Balaban J connectivity index is 2.15. The fourth-order valence-electron chi connectivity index (χ4n) is 1.60. The Bertz CT molecular complexity index is 588. The fraction of sp³-hybridized carbons (Fsp3) is 0.154. The van der Waals surface area contributed by atoms with E-state index in [2.05, 4.69) is 15.3 Å². The highest BCUT2D eigenvalue weighted by Crippen LogP contribution is 2.17. The van der Waals surface area contributed by atoms with Crippen molar-refractivity contribution in [3.05, 3.63) is 53.1 Å². The molecule has 19 heavy (non-hydrogen) atoms. The number of pyridine rings is 2. The lowest BCUT2D eigenvalue weighted by atomic mass is 10.2. The average molecular weight is 277 g/mol. The van der Waals surface area contributed by atoms with Crippen molar-refractivity contribution in [2.45, 2.75) is 13.0 Å². The predicted octanol–water partition coefficient (Wildman–Crippen LogP) is 2.20. The lowest BCUT2D eigenvalue weighted by Gasteiger charge is -2.13. The number of rotatable bonds is 3. The first-order valence-electron chi connectivity index (χ1n) is 5.70. The molecule has 2 rings (SSSR count). The van der Waals surface area contributed by atoms with Gasteiger partial charge in [0.05, 0.1) is 29.2 Å². The van der Waals surface area contributed by atoms with E-state index < -0.39 is 0 Å². The molecule has 3 N–H and O–H groups in total. The van der Waals surface area contributed by atoms with Gasteiger partial charge in [-0.05, 0) is 25.1 Å². The zero-order valence-corrected chi connectivity index (χ0v) is 11.1. The monoisotopic (exact) mass is 276 g/mol. The molecule has 0 aliphatic heterocycles. The molecule has 6 heteroatoms. The highest BCUT2D eigenvalue weighted by molar-refractivity contribution is 6.32. The number of halogens is 1. The maximum absolute atomic E-state index is 12.1. The summed E-state index contributed by atoms with van der Waals surface area (Å²) in [7, 11) is 0. The van der Waals surface area contributed by atoms with E-state index >= 15 is 0 Å². The molecule has 0 bridgehead atoms. The number of aromatic nitrogens is 2. The van der Waals surface area contributed by atoms with Crippen LogP contribution in [0.3, 0.4) is 0 Å². The fourth-order valence-corrected chi connectivity index (χ4v) is 1.79. The summed E-state index contributed by atoms with van der Waals surface area (Å²) in [5.41, 5.74) is 7.00. The molecule has 0 aromatic carbocycles. The molecule has 0 aliphatic carbocycles. The summed E-state index contributed by atoms with van der Waals surface area (Å²) in [5, 5.41) is 2.92. The van der Waals surface area contributed by atoms with Crippen molar-refractivity contribution in [2.75, 3.05) is 5.73 Å². The molecule has 0 saturated carbocycles. The number of nitrogens with zero attached hydrogens (tertiary/aromatic N) is 2. The van der Waals surface area contributed by atoms with E-state index in [9.17, 15) is 4.79 Å². The van der Waals surface area contributed by atoms with Gasteiger partial charge in [0.25, 0.3) is 5.91 Å². The SMILES string of the molecule is CC(NC(=O)c1cc(N)cnc1Cl)c1ccccn1. The third-order valence-corrected chi connectivity index (χ3v) is 2.89. The van der Waals surface area contributed by atoms with Crippen LogP contribution in [0.25, 0.3) is 0 Å². The van der Waals surface area contributed by atoms with Gasteiger partial charge in [-0.2, -0.15) is 0 Å². The Morgan fingerprint density at radius 2 is 2.21 bits per heavy atom. The summed E-state index contributed by atoms with van der Waals surface area (Å²) in [4.78, 5) is 20.1. The second kappa shape index (κ2) is 5.67. The number of anilines is 1. The van der Waals surface area contributed by atoms with Crippen molar-refractivity contribution >= 4 is 23.2 Å². The first-order valence-corrected chi connectivity index (χ1v) is 6.08. The number of carbonyl (C=O) groups excluding carboxylic acids is 1. The first-order chi connectivity index (χ1) is 9.08. The van der Waals surface area contributed by atoms with Gasteiger partial charge >= 0.3 is 0 Å². The summed E-state index contributed by atoms with van der Waals surface area (Å²) >= 11 is 5.88. The van der Waals surface area contributed by atoms with Crippen LogP contribution in [0.5, 0.6) is 0 Å². The molecule has 98 valence electrons. The van der Waals surface area contributed by atoms with Gasteiger partial charge in [-0.3, -0.25) is 9.78 Å². The molecular formula is C13H13ClN4O. The van der Waals surface area contributed by atoms with Crippen LogP contribution in [-0.2, 0) is 0 Å². The maximum Gasteiger partial charge on any atom is 0.255 e. The van der Waals surface area contributed by atoms with E-state index in [1.54, 1.807) is 6.20 Å². The second-order valence-electron chi connectivity index (χ2n) is 4.06. The van der Waals surface area contributed by atoms with Crippen LogP contribution in [0.2, 0.25) is 5.15 Å². The highest BCUT2D eigenvalue weighted by Gasteiger charge is 2.15. The number of nitrogen functional groups attached to an aromatic ring is 1. The molecule has 2 aromatic rings. The summed E-state index contributed by atoms with van der Waals surface area (Å²) < 4.78 is 0. The second-order valence-corrected chi connectivity index (χ2v) is 4.41. The molecule has 0 saturated heterocycles. The van der Waals surface area contributed by atoms with E-state index in [4.69, 9.17) is 17.3 Å². The summed E-state index contributed by atoms with van der Waals surface area (Å²) in [6.07, 6.45) is 3.08. The molecule has 0 aliphatic rings. The van der Waals surface area contributed by atoms with Gasteiger partial charge in [0.1, 0.15) is 5.15 Å². The van der Waals surface area contributed by atoms with E-state index in [0.29, 0.717) is 5.69 Å². The van der Waals surface area contributed by atoms with E-state index in [1.807, 2.05) is 25.1 Å². The third kappa shape index (κ3) is 3.20. The van der Waals surface area contributed by atoms with Crippen LogP contribution >= 0.6 is 11.6 Å². The van der Waals surface area contributed by atoms with E-state index in [0.717, 1.165) is 5.69 Å². The molecule has 0 fully saturated rings. The van der Waals surface area contributed by atoms with Gasteiger partial charge < -0.3 is 11.1 Å². The molecule has 2 aromatic heterocycles. The van der Waals surface area contributed by atoms with Crippen molar-refractivity contribution in [3.8, 4) is 0 Å². The molecule has 1 atom stereocenters. The Hall–Kier alpha value is -2.14. The molecule has 0 radical (unpaired) electrons. The summed E-state index contributed by atoms with van der Waals surface area (Å²) in [5.74, 6) is -0.331. The van der Waals surface area contributed by atoms with Crippen LogP contribution < -0.4 is 11.1 Å². The van der Waals surface area contributed by atoms with Crippen molar-refractivity contribution < 1.29 is 4.79 Å². The topological polar surface area (TPSA) is 80.9 Å². The van der Waals surface area contributed by atoms with Gasteiger partial charge in [0.2, 0.25) is 0 Å². The third-order valence-electron chi connectivity index (χ3n) is 2.58. The van der Waals surface area contributed by atoms with Crippen LogP contribution in [0, 0.1) is 0 Å². The van der Waals surface area contributed by atoms with E-state index in [1.165, 1.54) is 12.3 Å². The maximum atomic E-state index is 12.1. The number of hydrogen-bond acceptors (Lipinski definition) is 4. The minimum Gasteiger partial charge on any atom is -0.397 e. The molecular weight excluding hydrogens is 264 g/mol. The minimum absolute atomic E-state index is 0.125. The van der Waals surface area contributed by atoms with Crippen LogP contribution in [0.4, 0.5) is 5.69 Å². The normalized spacial score (nSPS) is 11.9. The lowest BCUT2D eigenvalue weighted by Crippen LogP contribution is -2.27. The minimum atomic E-state index is -0.331. The molecule has 0 spiro atoms. The van der Waals surface area contributed by atoms with Gasteiger partial charge in [-0.15, -0.1) is 0 Å².